The molecular weight excluding hydrogens is 220 g/mol. The highest BCUT2D eigenvalue weighted by Crippen LogP contribution is 2.40. The molecule has 0 amide bonds. The highest BCUT2D eigenvalue weighted by Gasteiger charge is 2.23. The van der Waals surface area contributed by atoms with E-state index in [0.717, 1.165) is 10.5 Å². The van der Waals surface area contributed by atoms with Gasteiger partial charge in [0.15, 0.2) is 0 Å². The van der Waals surface area contributed by atoms with Crippen LogP contribution in [0.5, 0.6) is 0 Å². The van der Waals surface area contributed by atoms with Gasteiger partial charge in [0.1, 0.15) is 0 Å². The first-order chi connectivity index (χ1) is 7.27. The molecule has 15 heavy (non-hydrogen) atoms. The van der Waals surface area contributed by atoms with Gasteiger partial charge in [-0.25, -0.2) is 0 Å². The minimum Gasteiger partial charge on any atom is -0.143 e. The highest BCUT2D eigenvalue weighted by molar-refractivity contribution is 8.17. The Morgan fingerprint density at radius 3 is 2.67 bits per heavy atom. The largest absolute Gasteiger partial charge is 0.143 e. The van der Waals surface area contributed by atoms with E-state index in [1.165, 1.54) is 42.8 Å². The summed E-state index contributed by atoms with van der Waals surface area (Å²) in [7, 11) is 0. The zero-order valence-electron chi connectivity index (χ0n) is 9.50. The molecule has 0 radical (unpaired) electrons. The molecule has 1 aliphatic carbocycles. The van der Waals surface area contributed by atoms with E-state index in [2.05, 4.69) is 43.1 Å². The molecule has 0 aromatic heterocycles. The zero-order chi connectivity index (χ0) is 10.7. The predicted molar refractivity (Wildman–Crippen MR) is 73.6 cm³/mol. The monoisotopic (exact) mass is 240 g/mol. The van der Waals surface area contributed by atoms with Crippen molar-refractivity contribution in [2.24, 2.45) is 5.92 Å². The van der Waals surface area contributed by atoms with Crippen molar-refractivity contribution in [2.75, 3.05) is 11.5 Å². The van der Waals surface area contributed by atoms with E-state index in [1.54, 1.807) is 5.57 Å². The Bertz CT molecular complexity index is 262. The van der Waals surface area contributed by atoms with Crippen molar-refractivity contribution < 1.29 is 0 Å². The summed E-state index contributed by atoms with van der Waals surface area (Å²) >= 11 is 4.30. The van der Waals surface area contributed by atoms with Crippen LogP contribution in [-0.2, 0) is 0 Å². The lowest BCUT2D eigenvalue weighted by molar-refractivity contribution is 0.539. The van der Waals surface area contributed by atoms with E-state index >= 15 is 0 Å². The average molecular weight is 240 g/mol. The molecule has 84 valence electrons. The summed E-state index contributed by atoms with van der Waals surface area (Å²) in [4.78, 5) is 0. The number of thioether (sulfide) groups is 2. The SMILES string of the molecule is C=C(C)C1CC=C(C2SCCCS2)CC1. The molecule has 1 aliphatic heterocycles. The molecule has 1 unspecified atom stereocenters. The van der Waals surface area contributed by atoms with Crippen LogP contribution in [0, 0.1) is 5.92 Å². The van der Waals surface area contributed by atoms with Crippen LogP contribution in [0.25, 0.3) is 0 Å². The summed E-state index contributed by atoms with van der Waals surface area (Å²) in [5.41, 5.74) is 3.08. The molecular formula is C13H20S2. The van der Waals surface area contributed by atoms with Gasteiger partial charge in [-0.1, -0.05) is 23.8 Å². The molecule has 0 spiro atoms. The van der Waals surface area contributed by atoms with E-state index in [4.69, 9.17) is 0 Å². The molecule has 2 aliphatic rings. The van der Waals surface area contributed by atoms with Gasteiger partial charge in [-0.05, 0) is 50.0 Å². The standard InChI is InChI=1S/C13H20S2/c1-10(2)11-4-6-12(7-5-11)13-14-8-3-9-15-13/h6,11,13H,1,3-5,7-9H2,2H3. The fourth-order valence-corrected chi connectivity index (χ4v) is 5.27. The molecule has 2 rings (SSSR count). The second kappa shape index (κ2) is 5.49. The van der Waals surface area contributed by atoms with Gasteiger partial charge < -0.3 is 0 Å². The topological polar surface area (TPSA) is 0 Å². The molecule has 0 nitrogen and oxygen atoms in total. The van der Waals surface area contributed by atoms with Gasteiger partial charge in [0, 0.05) is 0 Å². The maximum absolute atomic E-state index is 4.08. The van der Waals surface area contributed by atoms with Crippen molar-refractivity contribution in [3.63, 3.8) is 0 Å². The average Bonchev–Trinajstić information content (AvgIpc) is 2.30. The molecule has 1 atom stereocenters. The Balaban J connectivity index is 1.91. The number of hydrogen-bond donors (Lipinski definition) is 0. The van der Waals surface area contributed by atoms with Crippen molar-refractivity contribution in [3.05, 3.63) is 23.8 Å². The lowest BCUT2D eigenvalue weighted by Crippen LogP contribution is -2.15. The zero-order valence-corrected chi connectivity index (χ0v) is 11.1. The summed E-state index contributed by atoms with van der Waals surface area (Å²) in [5, 5.41) is 0. The van der Waals surface area contributed by atoms with Gasteiger partial charge in [-0.3, -0.25) is 0 Å². The van der Waals surface area contributed by atoms with Crippen LogP contribution in [0.3, 0.4) is 0 Å². The van der Waals surface area contributed by atoms with E-state index in [-0.39, 0.29) is 0 Å². The molecule has 1 heterocycles. The maximum Gasteiger partial charge on any atom is 0.0711 e. The van der Waals surface area contributed by atoms with Crippen LogP contribution in [0.2, 0.25) is 0 Å². The van der Waals surface area contributed by atoms with Gasteiger partial charge >= 0.3 is 0 Å². The van der Waals surface area contributed by atoms with Crippen LogP contribution in [0.15, 0.2) is 23.8 Å². The highest BCUT2D eigenvalue weighted by atomic mass is 32.2. The first kappa shape index (κ1) is 11.7. The smallest absolute Gasteiger partial charge is 0.0711 e. The number of hydrogen-bond acceptors (Lipinski definition) is 2. The predicted octanol–water partition coefficient (Wildman–Crippen LogP) is 4.49. The molecule has 0 aromatic rings. The van der Waals surface area contributed by atoms with Gasteiger partial charge in [0.25, 0.3) is 0 Å². The minimum atomic E-state index is 0.757. The second-order valence-electron chi connectivity index (χ2n) is 4.52. The molecule has 1 fully saturated rings. The quantitative estimate of drug-likeness (QED) is 0.652. The van der Waals surface area contributed by atoms with Crippen LogP contribution < -0.4 is 0 Å². The Hall–Kier alpha value is 0.180. The van der Waals surface area contributed by atoms with Crippen LogP contribution >= 0.6 is 23.5 Å². The van der Waals surface area contributed by atoms with Crippen molar-refractivity contribution >= 4 is 23.5 Å². The summed E-state index contributed by atoms with van der Waals surface area (Å²) < 4.78 is 0.782. The van der Waals surface area contributed by atoms with E-state index in [0.29, 0.717) is 0 Å². The Labute approximate surface area is 102 Å². The third-order valence-electron chi connectivity index (χ3n) is 3.27. The summed E-state index contributed by atoms with van der Waals surface area (Å²) in [6, 6.07) is 0. The summed E-state index contributed by atoms with van der Waals surface area (Å²) in [6.45, 7) is 6.25. The molecule has 0 saturated carbocycles. The summed E-state index contributed by atoms with van der Waals surface area (Å²) in [6.07, 6.45) is 7.77. The fourth-order valence-electron chi connectivity index (χ4n) is 2.22. The van der Waals surface area contributed by atoms with Gasteiger partial charge in [0.05, 0.1) is 4.58 Å². The van der Waals surface area contributed by atoms with Crippen molar-refractivity contribution in [1.29, 1.82) is 0 Å². The van der Waals surface area contributed by atoms with Crippen LogP contribution in [-0.4, -0.2) is 16.1 Å². The maximum atomic E-state index is 4.08. The first-order valence-electron chi connectivity index (χ1n) is 5.85. The van der Waals surface area contributed by atoms with E-state index in [9.17, 15) is 0 Å². The minimum absolute atomic E-state index is 0.757. The fraction of sp³-hybridized carbons (Fsp3) is 0.692. The molecule has 0 aromatic carbocycles. The van der Waals surface area contributed by atoms with Gasteiger partial charge in [0.2, 0.25) is 0 Å². The normalized spacial score (nSPS) is 28.6. The van der Waals surface area contributed by atoms with Gasteiger partial charge in [-0.15, -0.1) is 23.5 Å². The molecule has 1 saturated heterocycles. The Kier molecular flexibility index (Phi) is 4.27. The van der Waals surface area contributed by atoms with Gasteiger partial charge in [-0.2, -0.15) is 0 Å². The number of rotatable bonds is 2. The van der Waals surface area contributed by atoms with Crippen LogP contribution in [0.4, 0.5) is 0 Å². The third-order valence-corrected chi connectivity index (χ3v) is 6.35. The van der Waals surface area contributed by atoms with Crippen molar-refractivity contribution in [2.45, 2.75) is 37.2 Å². The second-order valence-corrected chi connectivity index (χ2v) is 7.25. The molecule has 0 N–H and O–H groups in total. The lowest BCUT2D eigenvalue weighted by Gasteiger charge is -2.29. The van der Waals surface area contributed by atoms with Crippen molar-refractivity contribution in [1.82, 2.24) is 0 Å². The number of allylic oxidation sites excluding steroid dienone is 2. The van der Waals surface area contributed by atoms with Crippen LogP contribution in [0.1, 0.15) is 32.6 Å². The third kappa shape index (κ3) is 3.07. The summed E-state index contributed by atoms with van der Waals surface area (Å²) in [5.74, 6) is 3.48. The first-order valence-corrected chi connectivity index (χ1v) is 7.94. The molecule has 2 heteroatoms. The van der Waals surface area contributed by atoms with E-state index < -0.39 is 0 Å². The lowest BCUT2D eigenvalue weighted by atomic mass is 9.86. The van der Waals surface area contributed by atoms with Crippen molar-refractivity contribution in [3.8, 4) is 0 Å². The Morgan fingerprint density at radius 1 is 1.40 bits per heavy atom. The molecule has 0 bridgehead atoms. The van der Waals surface area contributed by atoms with E-state index in [1.807, 2.05) is 0 Å². The Morgan fingerprint density at radius 2 is 2.13 bits per heavy atom.